The number of ether oxygens (including phenoxy) is 2. The molecule has 9 heteroatoms. The fourth-order valence-electron chi connectivity index (χ4n) is 3.13. The number of carbonyl (C=O) groups excluding carboxylic acids is 1. The Hall–Kier alpha value is -0.860. The van der Waals surface area contributed by atoms with Crippen LogP contribution in [0.1, 0.15) is 0 Å². The van der Waals surface area contributed by atoms with Gasteiger partial charge >= 0.3 is 0 Å². The van der Waals surface area contributed by atoms with E-state index in [1.165, 1.54) is 0 Å². The Kier molecular flexibility index (Phi) is 10.6. The minimum Gasteiger partial charge on any atom is -0.493 e. The van der Waals surface area contributed by atoms with E-state index < -0.39 is 0 Å². The van der Waals surface area contributed by atoms with E-state index in [0.29, 0.717) is 13.2 Å². The molecule has 2 fully saturated rings. The predicted octanol–water partition coefficient (Wildman–Crippen LogP) is 2.07. The highest BCUT2D eigenvalue weighted by Crippen LogP contribution is 2.29. The second kappa shape index (κ2) is 11.9. The molecule has 0 saturated carbocycles. The van der Waals surface area contributed by atoms with Gasteiger partial charge < -0.3 is 19.3 Å². The molecular weight excluding hydrogens is 409 g/mol. The van der Waals surface area contributed by atoms with Crippen molar-refractivity contribution in [2.24, 2.45) is 0 Å². The summed E-state index contributed by atoms with van der Waals surface area (Å²) in [6.45, 7) is 5.79. The molecule has 3 rings (SSSR count). The lowest BCUT2D eigenvalue weighted by Crippen LogP contribution is -2.50. The van der Waals surface area contributed by atoms with Crippen LogP contribution in [0.4, 0.5) is 0 Å². The highest BCUT2D eigenvalue weighted by Gasteiger charge is 2.31. The van der Waals surface area contributed by atoms with Gasteiger partial charge in [-0.1, -0.05) is 12.1 Å². The van der Waals surface area contributed by atoms with Gasteiger partial charge in [-0.2, -0.15) is 0 Å². The first-order valence-corrected chi connectivity index (χ1v) is 9.80. The number of hydrogen-bond donors (Lipinski definition) is 0. The van der Waals surface area contributed by atoms with Crippen LogP contribution in [0.5, 0.6) is 11.5 Å². The van der Waals surface area contributed by atoms with Crippen molar-refractivity contribution < 1.29 is 14.3 Å². The fraction of sp³-hybridized carbons (Fsp3) is 0.611. The summed E-state index contributed by atoms with van der Waals surface area (Å²) in [6, 6.07) is 7.63. The summed E-state index contributed by atoms with van der Waals surface area (Å²) >= 11 is 1.79. The summed E-state index contributed by atoms with van der Waals surface area (Å²) < 4.78 is 11.3. The number of benzene rings is 1. The highest BCUT2D eigenvalue weighted by molar-refractivity contribution is 8.00. The van der Waals surface area contributed by atoms with Crippen molar-refractivity contribution in [3.63, 3.8) is 0 Å². The third kappa shape index (κ3) is 6.61. The van der Waals surface area contributed by atoms with E-state index in [2.05, 4.69) is 16.8 Å². The first-order valence-electron chi connectivity index (χ1n) is 8.75. The molecule has 1 aromatic carbocycles. The molecule has 1 unspecified atom stereocenters. The third-order valence-corrected chi connectivity index (χ3v) is 5.91. The number of halogens is 2. The van der Waals surface area contributed by atoms with Crippen LogP contribution in [0.15, 0.2) is 24.3 Å². The zero-order valence-electron chi connectivity index (χ0n) is 15.8. The molecule has 0 radical (unpaired) electrons. The average Bonchev–Trinajstić information content (AvgIpc) is 3.11. The van der Waals surface area contributed by atoms with Gasteiger partial charge in [0.25, 0.3) is 0 Å². The maximum atomic E-state index is 12.7. The summed E-state index contributed by atoms with van der Waals surface area (Å²) in [6.07, 6.45) is 0. The average molecular weight is 438 g/mol. The Morgan fingerprint density at radius 1 is 1.11 bits per heavy atom. The minimum absolute atomic E-state index is 0. The molecular formula is C18H29Cl2N3O3S. The number of amides is 1. The van der Waals surface area contributed by atoms with Crippen LogP contribution < -0.4 is 9.47 Å². The Balaban J connectivity index is 0.00000182. The first-order chi connectivity index (χ1) is 12.2. The van der Waals surface area contributed by atoms with E-state index in [-0.39, 0.29) is 36.1 Å². The van der Waals surface area contributed by atoms with Crippen molar-refractivity contribution >= 4 is 42.5 Å². The summed E-state index contributed by atoms with van der Waals surface area (Å²) in [4.78, 5) is 19.2. The number of piperazine rings is 1. The van der Waals surface area contributed by atoms with Gasteiger partial charge in [-0.15, -0.1) is 36.6 Å². The van der Waals surface area contributed by atoms with Crippen molar-refractivity contribution in [3.8, 4) is 11.5 Å². The van der Waals surface area contributed by atoms with Gasteiger partial charge in [-0.3, -0.25) is 9.69 Å². The van der Waals surface area contributed by atoms with Crippen molar-refractivity contribution in [1.82, 2.24) is 14.7 Å². The van der Waals surface area contributed by atoms with Gasteiger partial charge in [0.2, 0.25) is 5.91 Å². The van der Waals surface area contributed by atoms with Crippen LogP contribution in [0.2, 0.25) is 0 Å². The number of rotatable bonds is 6. The lowest BCUT2D eigenvalue weighted by molar-refractivity contribution is -0.133. The maximum Gasteiger partial charge on any atom is 0.237 e. The molecule has 0 spiro atoms. The zero-order chi connectivity index (χ0) is 17.6. The largest absolute Gasteiger partial charge is 0.493 e. The van der Waals surface area contributed by atoms with Crippen LogP contribution in [0, 0.1) is 0 Å². The third-order valence-electron chi connectivity index (χ3n) is 4.72. The molecule has 0 aliphatic carbocycles. The lowest BCUT2D eigenvalue weighted by atomic mass is 10.3. The molecule has 2 heterocycles. The zero-order valence-corrected chi connectivity index (χ0v) is 18.3. The number of methoxy groups -OCH3 is 1. The molecule has 6 nitrogen and oxygen atoms in total. The van der Waals surface area contributed by atoms with Gasteiger partial charge in [-0.25, -0.2) is 0 Å². The minimum atomic E-state index is 0. The molecule has 0 bridgehead atoms. The Morgan fingerprint density at radius 2 is 1.78 bits per heavy atom. The van der Waals surface area contributed by atoms with Crippen molar-refractivity contribution in [2.45, 2.75) is 5.37 Å². The van der Waals surface area contributed by atoms with Gasteiger partial charge in [0.1, 0.15) is 12.0 Å². The molecule has 0 N–H and O–H groups in total. The van der Waals surface area contributed by atoms with E-state index in [0.717, 1.165) is 50.0 Å². The molecule has 0 aromatic heterocycles. The second-order valence-corrected chi connectivity index (χ2v) is 7.74. The van der Waals surface area contributed by atoms with Crippen LogP contribution in [-0.2, 0) is 4.79 Å². The monoisotopic (exact) mass is 437 g/mol. The molecule has 2 saturated heterocycles. The summed E-state index contributed by atoms with van der Waals surface area (Å²) in [5.74, 6) is 2.63. The quantitative estimate of drug-likeness (QED) is 0.678. The Morgan fingerprint density at radius 3 is 2.44 bits per heavy atom. The van der Waals surface area contributed by atoms with Crippen LogP contribution in [-0.4, -0.2) is 91.8 Å². The van der Waals surface area contributed by atoms with Gasteiger partial charge in [0.05, 0.1) is 13.7 Å². The normalized spacial score (nSPS) is 20.5. The molecule has 1 atom stereocenters. The molecule has 154 valence electrons. The smallest absolute Gasteiger partial charge is 0.237 e. The molecule has 2 aliphatic heterocycles. The van der Waals surface area contributed by atoms with Gasteiger partial charge in [0.15, 0.2) is 11.5 Å². The molecule has 1 amide bonds. The summed E-state index contributed by atoms with van der Waals surface area (Å²) in [5.41, 5.74) is 0. The SMILES string of the molecule is COc1ccccc1OCC1SCCN1C(=O)CN1CCN(C)CC1.Cl.Cl. The van der Waals surface area contributed by atoms with Crippen molar-refractivity contribution in [2.75, 3.05) is 65.8 Å². The maximum absolute atomic E-state index is 12.7. The van der Waals surface area contributed by atoms with E-state index in [9.17, 15) is 4.79 Å². The van der Waals surface area contributed by atoms with Crippen molar-refractivity contribution in [1.29, 1.82) is 0 Å². The second-order valence-electron chi connectivity index (χ2n) is 6.45. The fourth-order valence-corrected chi connectivity index (χ4v) is 4.27. The molecule has 1 aromatic rings. The number of thioether (sulfide) groups is 1. The molecule has 27 heavy (non-hydrogen) atoms. The summed E-state index contributed by atoms with van der Waals surface area (Å²) in [7, 11) is 3.76. The van der Waals surface area contributed by atoms with E-state index >= 15 is 0 Å². The Labute approximate surface area is 178 Å². The van der Waals surface area contributed by atoms with E-state index in [4.69, 9.17) is 9.47 Å². The van der Waals surface area contributed by atoms with Gasteiger partial charge in [0, 0.05) is 38.5 Å². The number of likely N-dealkylation sites (N-methyl/N-ethyl adjacent to an activating group) is 1. The number of carbonyl (C=O) groups is 1. The topological polar surface area (TPSA) is 45.3 Å². The number of para-hydroxylation sites is 2. The van der Waals surface area contributed by atoms with Crippen LogP contribution in [0.25, 0.3) is 0 Å². The predicted molar refractivity (Wildman–Crippen MR) is 115 cm³/mol. The number of hydrogen-bond acceptors (Lipinski definition) is 6. The summed E-state index contributed by atoms with van der Waals surface area (Å²) in [5, 5.41) is 0.0740. The Bertz CT molecular complexity index is 589. The van der Waals surface area contributed by atoms with Crippen LogP contribution >= 0.6 is 36.6 Å². The standard InChI is InChI=1S/C18H27N3O3S.2ClH/c1-19-7-9-20(10-8-19)13-17(22)21-11-12-25-18(21)14-24-16-6-4-3-5-15(16)23-2;;/h3-6,18H,7-14H2,1-2H3;2*1H. The van der Waals surface area contributed by atoms with Crippen molar-refractivity contribution in [3.05, 3.63) is 24.3 Å². The van der Waals surface area contributed by atoms with Gasteiger partial charge in [-0.05, 0) is 19.2 Å². The highest BCUT2D eigenvalue weighted by atomic mass is 35.5. The first kappa shape index (κ1) is 24.2. The lowest BCUT2D eigenvalue weighted by Gasteiger charge is -2.33. The molecule has 2 aliphatic rings. The van der Waals surface area contributed by atoms with E-state index in [1.807, 2.05) is 29.2 Å². The van der Waals surface area contributed by atoms with E-state index in [1.54, 1.807) is 18.9 Å². The number of nitrogens with zero attached hydrogens (tertiary/aromatic N) is 3. The van der Waals surface area contributed by atoms with Crippen LogP contribution in [0.3, 0.4) is 0 Å².